The van der Waals surface area contributed by atoms with Gasteiger partial charge in [0.05, 0.1) is 28.6 Å². The summed E-state index contributed by atoms with van der Waals surface area (Å²) in [4.78, 5) is 31.8. The third-order valence-electron chi connectivity index (χ3n) is 7.38. The van der Waals surface area contributed by atoms with E-state index in [1.807, 2.05) is 32.0 Å². The van der Waals surface area contributed by atoms with Crippen molar-refractivity contribution in [1.29, 1.82) is 0 Å². The smallest absolute Gasteiger partial charge is 0.328 e. The summed E-state index contributed by atoms with van der Waals surface area (Å²) < 4.78 is 3.34. The van der Waals surface area contributed by atoms with Crippen molar-refractivity contribution in [2.24, 2.45) is 23.9 Å². The number of guanidine groups is 1. The summed E-state index contributed by atoms with van der Waals surface area (Å²) in [5.74, 6) is 1.27. The molecule has 2 aliphatic rings. The summed E-state index contributed by atoms with van der Waals surface area (Å²) in [6.45, 7) is 10.6. The molecule has 0 spiro atoms. The molecule has 4 rings (SSSR count). The summed E-state index contributed by atoms with van der Waals surface area (Å²) in [5, 5.41) is 20.0. The lowest BCUT2D eigenvalue weighted by molar-refractivity contribution is -0.124. The molecule has 0 saturated carbocycles. The van der Waals surface area contributed by atoms with Gasteiger partial charge < -0.3 is 26.0 Å². The van der Waals surface area contributed by atoms with E-state index >= 15 is 0 Å². The minimum atomic E-state index is -0.863. The highest BCUT2D eigenvalue weighted by atomic mass is 35.5. The second kappa shape index (κ2) is 11.6. The monoisotopic (exact) mass is 547 g/mol. The number of aliphatic hydroxyl groups is 1. The van der Waals surface area contributed by atoms with Gasteiger partial charge in [-0.2, -0.15) is 0 Å². The van der Waals surface area contributed by atoms with Crippen molar-refractivity contribution in [3.8, 4) is 0 Å². The molecule has 2 aromatic rings. The maximum absolute atomic E-state index is 12.9. The number of aryl methyl sites for hydroxylation is 2. The fourth-order valence-electron chi connectivity index (χ4n) is 5.03. The maximum Gasteiger partial charge on any atom is 0.328 e. The second-order valence-corrected chi connectivity index (χ2v) is 12.1. The number of likely N-dealkylation sites (tertiary alicyclic amines) is 1. The van der Waals surface area contributed by atoms with E-state index in [0.29, 0.717) is 32.0 Å². The molecule has 2 aliphatic heterocycles. The van der Waals surface area contributed by atoms with Gasteiger partial charge in [0.25, 0.3) is 0 Å². The van der Waals surface area contributed by atoms with Gasteiger partial charge in [0.2, 0.25) is 5.91 Å². The minimum absolute atomic E-state index is 0.0158. The molecule has 3 heterocycles. The summed E-state index contributed by atoms with van der Waals surface area (Å²) in [6.07, 6.45) is 2.34. The number of carbonyl (C=O) groups is 1. The van der Waals surface area contributed by atoms with Crippen LogP contribution in [0.4, 0.5) is 5.69 Å². The van der Waals surface area contributed by atoms with Gasteiger partial charge in [0.15, 0.2) is 5.96 Å². The zero-order valence-corrected chi connectivity index (χ0v) is 23.9. The lowest BCUT2D eigenvalue weighted by Gasteiger charge is -2.39. The van der Waals surface area contributed by atoms with E-state index in [2.05, 4.69) is 20.9 Å². The first-order valence-corrected chi connectivity index (χ1v) is 14.0. The van der Waals surface area contributed by atoms with Crippen LogP contribution in [0.3, 0.4) is 0 Å². The summed E-state index contributed by atoms with van der Waals surface area (Å²) in [5.41, 5.74) is 1.52. The number of piperidine rings is 1. The van der Waals surface area contributed by atoms with Crippen LogP contribution in [0.1, 0.15) is 47.0 Å². The van der Waals surface area contributed by atoms with E-state index in [1.54, 1.807) is 30.0 Å². The number of carbonyl (C=O) groups excluding carboxylic acids is 1. The number of imidazole rings is 1. The Balaban J connectivity index is 1.45. The lowest BCUT2D eigenvalue weighted by atomic mass is 9.98. The highest BCUT2D eigenvalue weighted by Crippen LogP contribution is 2.23. The molecule has 1 aromatic carbocycles. The molecule has 1 fully saturated rings. The zero-order chi connectivity index (χ0) is 27.6. The number of fused-ring (bicyclic) bond motifs is 1. The molecule has 38 heavy (non-hydrogen) atoms. The van der Waals surface area contributed by atoms with E-state index in [-0.39, 0.29) is 29.1 Å². The van der Waals surface area contributed by atoms with Crippen LogP contribution in [0, 0.1) is 11.8 Å². The minimum Gasteiger partial charge on any atom is -0.390 e. The zero-order valence-electron chi connectivity index (χ0n) is 23.1. The molecule has 11 heteroatoms. The van der Waals surface area contributed by atoms with E-state index in [4.69, 9.17) is 16.6 Å². The van der Waals surface area contributed by atoms with Crippen molar-refractivity contribution in [3.63, 3.8) is 0 Å². The Labute approximate surface area is 229 Å². The molecule has 3 unspecified atom stereocenters. The average molecular weight is 548 g/mol. The fraction of sp³-hybridized carbons (Fsp3) is 0.667. The molecule has 0 bridgehead atoms. The highest BCUT2D eigenvalue weighted by Gasteiger charge is 2.30. The predicted octanol–water partition coefficient (Wildman–Crippen LogP) is 2.29. The normalized spacial score (nSPS) is 22.4. The molecular formula is C27H42ClN7O3. The molecule has 3 atom stereocenters. The number of alkyl halides is 1. The van der Waals surface area contributed by atoms with Crippen LogP contribution in [0.5, 0.6) is 0 Å². The van der Waals surface area contributed by atoms with Crippen LogP contribution >= 0.6 is 11.6 Å². The van der Waals surface area contributed by atoms with Crippen molar-refractivity contribution in [2.75, 3.05) is 31.5 Å². The lowest BCUT2D eigenvalue weighted by Crippen LogP contribution is -2.58. The SMILES string of the molecule is CC(C)C(=O)NCC1CCCN(C2=NCC(Cl)C(Nc3ccc4c(c3)n(CCC(C)(C)O)c(=O)n4C)N2)C1. The number of aliphatic imine (C=N–C) groups is 1. The number of aromatic nitrogens is 2. The molecule has 0 radical (unpaired) electrons. The van der Waals surface area contributed by atoms with E-state index in [1.165, 1.54) is 0 Å². The van der Waals surface area contributed by atoms with Gasteiger partial charge in [0.1, 0.15) is 6.17 Å². The van der Waals surface area contributed by atoms with Gasteiger partial charge in [-0.15, -0.1) is 11.6 Å². The van der Waals surface area contributed by atoms with Crippen molar-refractivity contribution in [2.45, 2.75) is 70.6 Å². The van der Waals surface area contributed by atoms with Gasteiger partial charge >= 0.3 is 5.69 Å². The standard InChI is InChI=1S/C27H42ClN7O3/c1-17(2)24(36)29-14-18-7-6-11-34(16-18)25-30-15-20(28)23(32-25)31-19-8-9-21-22(13-19)35(26(37)33(21)5)12-10-27(3,4)38/h8-9,13,17-18,20,23,31,38H,6-7,10-12,14-16H2,1-5H3,(H,29,36)(H,30,32). The molecule has 1 aromatic heterocycles. The van der Waals surface area contributed by atoms with Crippen LogP contribution in [-0.4, -0.2) is 74.3 Å². The number of benzene rings is 1. The topological polar surface area (TPSA) is 116 Å². The number of rotatable bonds is 8. The number of halogens is 1. The first kappa shape index (κ1) is 28.3. The largest absolute Gasteiger partial charge is 0.390 e. The van der Waals surface area contributed by atoms with E-state index in [9.17, 15) is 14.7 Å². The first-order chi connectivity index (χ1) is 17.9. The Kier molecular flexibility index (Phi) is 8.62. The molecular weight excluding hydrogens is 506 g/mol. The van der Waals surface area contributed by atoms with E-state index < -0.39 is 5.60 Å². The maximum atomic E-state index is 12.9. The second-order valence-electron chi connectivity index (χ2n) is 11.6. The number of nitrogens with zero attached hydrogens (tertiary/aromatic N) is 4. The molecule has 4 N–H and O–H groups in total. The van der Waals surface area contributed by atoms with Crippen molar-refractivity contribution in [3.05, 3.63) is 28.7 Å². The third kappa shape index (κ3) is 6.64. The van der Waals surface area contributed by atoms with Gasteiger partial charge in [-0.3, -0.25) is 18.9 Å². The van der Waals surface area contributed by atoms with Crippen molar-refractivity contribution in [1.82, 2.24) is 24.7 Å². The van der Waals surface area contributed by atoms with Crippen molar-refractivity contribution >= 4 is 40.2 Å². The predicted molar refractivity (Wildman–Crippen MR) is 153 cm³/mol. The Morgan fingerprint density at radius 3 is 2.79 bits per heavy atom. The Morgan fingerprint density at radius 1 is 1.32 bits per heavy atom. The Bertz CT molecular complexity index is 1230. The van der Waals surface area contributed by atoms with Crippen LogP contribution in [0.25, 0.3) is 11.0 Å². The van der Waals surface area contributed by atoms with Gasteiger partial charge in [-0.25, -0.2) is 4.79 Å². The van der Waals surface area contributed by atoms with Crippen LogP contribution < -0.4 is 21.6 Å². The number of nitrogens with one attached hydrogen (secondary N) is 3. The number of anilines is 1. The summed E-state index contributed by atoms with van der Waals surface area (Å²) >= 11 is 6.67. The quantitative estimate of drug-likeness (QED) is 0.377. The molecule has 210 valence electrons. The number of hydrogen-bond acceptors (Lipinski definition) is 7. The summed E-state index contributed by atoms with van der Waals surface area (Å²) in [6, 6.07) is 5.85. The molecule has 0 aliphatic carbocycles. The fourth-order valence-corrected chi connectivity index (χ4v) is 5.22. The Morgan fingerprint density at radius 2 is 2.08 bits per heavy atom. The number of hydrogen-bond donors (Lipinski definition) is 4. The number of amides is 1. The molecule has 1 saturated heterocycles. The van der Waals surface area contributed by atoms with E-state index in [0.717, 1.165) is 48.6 Å². The van der Waals surface area contributed by atoms with Crippen LogP contribution in [-0.2, 0) is 18.4 Å². The average Bonchev–Trinajstić information content (AvgIpc) is 3.11. The molecule has 1 amide bonds. The van der Waals surface area contributed by atoms with Gasteiger partial charge in [-0.05, 0) is 57.2 Å². The Hall–Kier alpha value is -2.72. The third-order valence-corrected chi connectivity index (χ3v) is 7.77. The first-order valence-electron chi connectivity index (χ1n) is 13.6. The molecule has 10 nitrogen and oxygen atoms in total. The van der Waals surface area contributed by atoms with Gasteiger partial charge in [0, 0.05) is 44.8 Å². The van der Waals surface area contributed by atoms with Crippen LogP contribution in [0.15, 0.2) is 28.0 Å². The summed E-state index contributed by atoms with van der Waals surface area (Å²) in [7, 11) is 1.76. The van der Waals surface area contributed by atoms with Crippen LogP contribution in [0.2, 0.25) is 0 Å². The highest BCUT2D eigenvalue weighted by molar-refractivity contribution is 6.21. The van der Waals surface area contributed by atoms with Gasteiger partial charge in [-0.1, -0.05) is 13.8 Å². The van der Waals surface area contributed by atoms with Crippen molar-refractivity contribution < 1.29 is 9.90 Å².